The summed E-state index contributed by atoms with van der Waals surface area (Å²) in [6, 6.07) is 3.48. The van der Waals surface area contributed by atoms with Gasteiger partial charge >= 0.3 is 5.97 Å². The van der Waals surface area contributed by atoms with E-state index in [1.807, 2.05) is 11.8 Å². The molecule has 1 aliphatic rings. The molecular weight excluding hydrogens is 248 g/mol. The predicted molar refractivity (Wildman–Crippen MR) is 74.3 cm³/mol. The molecule has 1 aliphatic heterocycles. The van der Waals surface area contributed by atoms with Crippen LogP contribution in [-0.2, 0) is 4.74 Å². The normalized spacial score (nSPS) is 18.5. The number of hydrogen-bond acceptors (Lipinski definition) is 5. The predicted octanol–water partition coefficient (Wildman–Crippen LogP) is 2.20. The molecule has 4 nitrogen and oxygen atoms in total. The van der Waals surface area contributed by atoms with Gasteiger partial charge in [0.25, 0.3) is 0 Å². The van der Waals surface area contributed by atoms with Gasteiger partial charge < -0.3 is 9.64 Å². The van der Waals surface area contributed by atoms with Crippen molar-refractivity contribution in [3.8, 4) is 0 Å². The highest BCUT2D eigenvalue weighted by Gasteiger charge is 2.27. The molecule has 0 amide bonds. The van der Waals surface area contributed by atoms with Gasteiger partial charge in [0.2, 0.25) is 0 Å². The van der Waals surface area contributed by atoms with Crippen LogP contribution in [0.4, 0.5) is 5.82 Å². The number of esters is 1. The molecule has 1 aromatic rings. The van der Waals surface area contributed by atoms with Crippen LogP contribution in [-0.4, -0.2) is 41.7 Å². The van der Waals surface area contributed by atoms with E-state index in [2.05, 4.69) is 23.7 Å². The molecule has 98 valence electrons. The molecule has 2 rings (SSSR count). The zero-order valence-electron chi connectivity index (χ0n) is 11.0. The number of pyridine rings is 1. The molecule has 0 N–H and O–H groups in total. The van der Waals surface area contributed by atoms with Crippen LogP contribution in [0.2, 0.25) is 0 Å². The minimum Gasteiger partial charge on any atom is -0.465 e. The molecular formula is C13H18N2O2S. The molecule has 0 aliphatic carbocycles. The van der Waals surface area contributed by atoms with Crippen LogP contribution < -0.4 is 4.90 Å². The largest absolute Gasteiger partial charge is 0.465 e. The zero-order chi connectivity index (χ0) is 13.2. The highest BCUT2D eigenvalue weighted by atomic mass is 32.2. The van der Waals surface area contributed by atoms with E-state index in [1.54, 1.807) is 18.3 Å². The lowest BCUT2D eigenvalue weighted by atomic mass is 10.1. The maximum absolute atomic E-state index is 11.5. The first-order valence-corrected chi connectivity index (χ1v) is 6.94. The number of rotatable bonds is 2. The second-order valence-electron chi connectivity index (χ2n) is 4.92. The number of methoxy groups -OCH3 is 1. The average Bonchev–Trinajstić information content (AvgIpc) is 2.37. The van der Waals surface area contributed by atoms with Gasteiger partial charge in [0.05, 0.1) is 12.7 Å². The topological polar surface area (TPSA) is 42.4 Å². The third-order valence-electron chi connectivity index (χ3n) is 2.92. The van der Waals surface area contributed by atoms with Crippen molar-refractivity contribution in [3.63, 3.8) is 0 Å². The molecule has 1 saturated heterocycles. The Hall–Kier alpha value is -1.23. The Morgan fingerprint density at radius 1 is 1.56 bits per heavy atom. The molecule has 0 spiro atoms. The molecule has 5 heteroatoms. The highest BCUT2D eigenvalue weighted by Crippen LogP contribution is 2.31. The van der Waals surface area contributed by atoms with Crippen LogP contribution in [0.1, 0.15) is 24.2 Å². The third-order valence-corrected chi connectivity index (χ3v) is 4.21. The first kappa shape index (κ1) is 13.2. The van der Waals surface area contributed by atoms with Crippen LogP contribution in [0, 0.1) is 0 Å². The van der Waals surface area contributed by atoms with E-state index < -0.39 is 0 Å². The van der Waals surface area contributed by atoms with E-state index in [4.69, 9.17) is 4.74 Å². The summed E-state index contributed by atoms with van der Waals surface area (Å²) in [4.78, 5) is 18.1. The summed E-state index contributed by atoms with van der Waals surface area (Å²) >= 11 is 1.97. The SMILES string of the molecule is COC(=O)c1ccnc(N2CCSC(C)(C)C2)c1. The molecule has 0 aromatic carbocycles. The van der Waals surface area contributed by atoms with E-state index in [9.17, 15) is 4.79 Å². The van der Waals surface area contributed by atoms with Gasteiger partial charge in [0, 0.05) is 29.8 Å². The number of thioether (sulfide) groups is 1. The fourth-order valence-corrected chi connectivity index (χ4v) is 3.16. The number of ether oxygens (including phenoxy) is 1. The van der Waals surface area contributed by atoms with Gasteiger partial charge in [-0.3, -0.25) is 0 Å². The summed E-state index contributed by atoms with van der Waals surface area (Å²) < 4.78 is 4.95. The molecule has 0 saturated carbocycles. The molecule has 0 radical (unpaired) electrons. The number of nitrogens with zero attached hydrogens (tertiary/aromatic N) is 2. The fourth-order valence-electron chi connectivity index (χ4n) is 2.05. The maximum Gasteiger partial charge on any atom is 0.338 e. The van der Waals surface area contributed by atoms with Crippen molar-refractivity contribution in [1.29, 1.82) is 0 Å². The van der Waals surface area contributed by atoms with Crippen LogP contribution in [0.15, 0.2) is 18.3 Å². The summed E-state index contributed by atoms with van der Waals surface area (Å²) in [6.45, 7) is 6.36. The summed E-state index contributed by atoms with van der Waals surface area (Å²) in [7, 11) is 1.39. The van der Waals surface area contributed by atoms with E-state index in [0.29, 0.717) is 5.56 Å². The molecule has 1 aromatic heterocycles. The Morgan fingerprint density at radius 2 is 2.33 bits per heavy atom. The van der Waals surface area contributed by atoms with Crippen LogP contribution in [0.25, 0.3) is 0 Å². The van der Waals surface area contributed by atoms with E-state index in [0.717, 1.165) is 24.7 Å². The van der Waals surface area contributed by atoms with Gasteiger partial charge in [-0.05, 0) is 26.0 Å². The zero-order valence-corrected chi connectivity index (χ0v) is 11.8. The van der Waals surface area contributed by atoms with Crippen molar-refractivity contribution >= 4 is 23.5 Å². The van der Waals surface area contributed by atoms with E-state index in [-0.39, 0.29) is 10.7 Å². The number of anilines is 1. The van der Waals surface area contributed by atoms with Gasteiger partial charge in [-0.1, -0.05) is 0 Å². The average molecular weight is 266 g/mol. The minimum atomic E-state index is -0.315. The van der Waals surface area contributed by atoms with Gasteiger partial charge in [-0.25, -0.2) is 9.78 Å². The van der Waals surface area contributed by atoms with Gasteiger partial charge in [0.1, 0.15) is 5.82 Å². The third kappa shape index (κ3) is 2.96. The van der Waals surface area contributed by atoms with Gasteiger partial charge in [0.15, 0.2) is 0 Å². The van der Waals surface area contributed by atoms with Crippen LogP contribution >= 0.6 is 11.8 Å². The molecule has 1 fully saturated rings. The van der Waals surface area contributed by atoms with Crippen molar-refractivity contribution in [2.24, 2.45) is 0 Å². The summed E-state index contributed by atoms with van der Waals surface area (Å²) in [5.74, 6) is 1.62. The summed E-state index contributed by atoms with van der Waals surface area (Å²) in [5.41, 5.74) is 0.554. The van der Waals surface area contributed by atoms with Crippen LogP contribution in [0.5, 0.6) is 0 Å². The standard InChI is InChI=1S/C13H18N2O2S/c1-13(2)9-15(6-7-18-13)11-8-10(4-5-14-11)12(16)17-3/h4-5,8H,6-7,9H2,1-3H3. The molecule has 0 bridgehead atoms. The number of aromatic nitrogens is 1. The Labute approximate surface area is 112 Å². The monoisotopic (exact) mass is 266 g/mol. The number of carbonyl (C=O) groups is 1. The Kier molecular flexibility index (Phi) is 3.80. The lowest BCUT2D eigenvalue weighted by Crippen LogP contribution is -2.43. The molecule has 0 atom stereocenters. The van der Waals surface area contributed by atoms with Crippen molar-refractivity contribution in [1.82, 2.24) is 4.98 Å². The first-order chi connectivity index (χ1) is 8.52. The van der Waals surface area contributed by atoms with E-state index in [1.165, 1.54) is 7.11 Å². The lowest BCUT2D eigenvalue weighted by molar-refractivity contribution is 0.0600. The number of carbonyl (C=O) groups excluding carboxylic acids is 1. The van der Waals surface area contributed by atoms with Gasteiger partial charge in [-0.15, -0.1) is 0 Å². The second-order valence-corrected chi connectivity index (χ2v) is 6.73. The van der Waals surface area contributed by atoms with Crippen molar-refractivity contribution in [2.75, 3.05) is 30.9 Å². The molecule has 18 heavy (non-hydrogen) atoms. The quantitative estimate of drug-likeness (QED) is 0.768. The van der Waals surface area contributed by atoms with Gasteiger partial charge in [-0.2, -0.15) is 11.8 Å². The maximum atomic E-state index is 11.5. The van der Waals surface area contributed by atoms with Crippen LogP contribution in [0.3, 0.4) is 0 Å². The fraction of sp³-hybridized carbons (Fsp3) is 0.538. The summed E-state index contributed by atoms with van der Waals surface area (Å²) in [5, 5.41) is 0. The smallest absolute Gasteiger partial charge is 0.338 e. The van der Waals surface area contributed by atoms with Crippen molar-refractivity contribution in [3.05, 3.63) is 23.9 Å². The molecule has 0 unspecified atom stereocenters. The Balaban J connectivity index is 2.20. The van der Waals surface area contributed by atoms with Crippen molar-refractivity contribution < 1.29 is 9.53 Å². The Morgan fingerprint density at radius 3 is 3.00 bits per heavy atom. The minimum absolute atomic E-state index is 0.223. The Bertz CT molecular complexity index is 448. The highest BCUT2D eigenvalue weighted by molar-refractivity contribution is 8.00. The van der Waals surface area contributed by atoms with E-state index >= 15 is 0 Å². The summed E-state index contributed by atoms with van der Waals surface area (Å²) in [6.07, 6.45) is 1.66. The lowest BCUT2D eigenvalue weighted by Gasteiger charge is -2.38. The first-order valence-electron chi connectivity index (χ1n) is 5.95. The van der Waals surface area contributed by atoms with Crippen molar-refractivity contribution in [2.45, 2.75) is 18.6 Å². The second kappa shape index (κ2) is 5.18. The molecule has 2 heterocycles. The number of hydrogen-bond donors (Lipinski definition) is 0.